The first kappa shape index (κ1) is 26.6. The lowest BCUT2D eigenvalue weighted by molar-refractivity contribution is -0.273. The molecule has 2 aliphatic heterocycles. The summed E-state index contributed by atoms with van der Waals surface area (Å²) in [5.41, 5.74) is 0.810. The molecule has 2 heterocycles. The van der Waals surface area contributed by atoms with Crippen LogP contribution < -0.4 is 0 Å². The van der Waals surface area contributed by atoms with Gasteiger partial charge in [-0.2, -0.15) is 0 Å². The third-order valence-electron chi connectivity index (χ3n) is 13.4. The lowest BCUT2D eigenvalue weighted by Gasteiger charge is -2.61. The van der Waals surface area contributed by atoms with E-state index < -0.39 is 0 Å². The van der Waals surface area contributed by atoms with Crippen LogP contribution in [0.2, 0.25) is 0 Å². The summed E-state index contributed by atoms with van der Waals surface area (Å²) in [5.74, 6) is 5.15. The van der Waals surface area contributed by atoms with Gasteiger partial charge in [-0.25, -0.2) is 0 Å². The summed E-state index contributed by atoms with van der Waals surface area (Å²) in [5, 5.41) is 0. The van der Waals surface area contributed by atoms with Crippen molar-refractivity contribution in [3.63, 3.8) is 0 Å². The zero-order chi connectivity index (χ0) is 26.2. The summed E-state index contributed by atoms with van der Waals surface area (Å²) in [6.45, 7) is 15.2. The van der Waals surface area contributed by atoms with Gasteiger partial charge in [-0.3, -0.25) is 4.79 Å². The van der Waals surface area contributed by atoms with Gasteiger partial charge in [-0.05, 0) is 110 Å². The molecular weight excluding hydrogens is 460 g/mol. The van der Waals surface area contributed by atoms with Gasteiger partial charge in [0.2, 0.25) is 0 Å². The minimum Gasteiger partial charge on any atom is -0.462 e. The molecule has 0 unspecified atom stereocenters. The van der Waals surface area contributed by atoms with Crippen molar-refractivity contribution in [1.82, 2.24) is 0 Å². The van der Waals surface area contributed by atoms with Gasteiger partial charge >= 0.3 is 5.97 Å². The molecule has 6 aliphatic rings. The first-order chi connectivity index (χ1) is 17.6. The summed E-state index contributed by atoms with van der Waals surface area (Å²) < 4.78 is 19.5. The molecule has 0 N–H and O–H groups in total. The van der Waals surface area contributed by atoms with Gasteiger partial charge in [0.05, 0.1) is 12.7 Å². The molecule has 37 heavy (non-hydrogen) atoms. The fraction of sp³-hybridized carbons (Fsp3) is 0.970. The monoisotopic (exact) mass is 514 g/mol. The van der Waals surface area contributed by atoms with E-state index in [9.17, 15) is 4.79 Å². The standard InChI is InChI=1S/C33H54O4/c1-7-20(2)16-29(34)36-24-11-13-31(5)23(17-24)8-9-25-26(31)12-14-32(6)27(25)18-28-30(32)22(4)33(37-28)15-10-21(3)19-35-33/h20-28,30H,7-19H2,1-6H3/t20-,21-,22+,23+,24+,25+,26-,27+,28-,30+,31-,32-,33+/m0/s1. The molecule has 4 saturated carbocycles. The van der Waals surface area contributed by atoms with E-state index in [4.69, 9.17) is 14.2 Å². The van der Waals surface area contributed by atoms with Crippen molar-refractivity contribution in [2.45, 2.75) is 137 Å². The van der Waals surface area contributed by atoms with E-state index in [0.717, 1.165) is 50.0 Å². The molecule has 0 aromatic heterocycles. The minimum atomic E-state index is -0.305. The van der Waals surface area contributed by atoms with Crippen molar-refractivity contribution in [1.29, 1.82) is 0 Å². The van der Waals surface area contributed by atoms with Crippen LogP contribution in [0.3, 0.4) is 0 Å². The smallest absolute Gasteiger partial charge is 0.306 e. The zero-order valence-electron chi connectivity index (χ0n) is 24.6. The highest BCUT2D eigenvalue weighted by Crippen LogP contribution is 2.71. The number of rotatable bonds is 4. The molecule has 0 radical (unpaired) electrons. The zero-order valence-corrected chi connectivity index (χ0v) is 24.6. The van der Waals surface area contributed by atoms with E-state index in [-0.39, 0.29) is 17.9 Å². The van der Waals surface area contributed by atoms with E-state index in [1.165, 1.54) is 44.9 Å². The third-order valence-corrected chi connectivity index (χ3v) is 13.4. The van der Waals surface area contributed by atoms with E-state index in [0.29, 0.717) is 52.9 Å². The Kier molecular flexibility index (Phi) is 6.83. The fourth-order valence-corrected chi connectivity index (χ4v) is 11.0. The maximum absolute atomic E-state index is 12.5. The fourth-order valence-electron chi connectivity index (χ4n) is 11.0. The van der Waals surface area contributed by atoms with Crippen LogP contribution in [-0.2, 0) is 19.0 Å². The maximum Gasteiger partial charge on any atom is 0.306 e. The van der Waals surface area contributed by atoms with Crippen molar-refractivity contribution >= 4 is 5.97 Å². The molecule has 6 fully saturated rings. The van der Waals surface area contributed by atoms with Crippen molar-refractivity contribution < 1.29 is 19.0 Å². The predicted molar refractivity (Wildman–Crippen MR) is 146 cm³/mol. The Labute approximate surface area is 226 Å². The van der Waals surface area contributed by atoms with Crippen LogP contribution in [0.1, 0.15) is 119 Å². The van der Waals surface area contributed by atoms with Crippen LogP contribution in [0.4, 0.5) is 0 Å². The number of esters is 1. The van der Waals surface area contributed by atoms with Crippen molar-refractivity contribution in [3.8, 4) is 0 Å². The average Bonchev–Trinajstić information content (AvgIpc) is 3.31. The largest absolute Gasteiger partial charge is 0.462 e. The topological polar surface area (TPSA) is 44.8 Å². The lowest BCUT2D eigenvalue weighted by atomic mass is 9.44. The molecular formula is C33H54O4. The molecule has 4 nitrogen and oxygen atoms in total. The van der Waals surface area contributed by atoms with Gasteiger partial charge in [0.25, 0.3) is 0 Å². The molecule has 4 heteroatoms. The van der Waals surface area contributed by atoms with Gasteiger partial charge in [-0.15, -0.1) is 0 Å². The minimum absolute atomic E-state index is 0.0332. The summed E-state index contributed by atoms with van der Waals surface area (Å²) in [4.78, 5) is 12.5. The SMILES string of the molecule is CC[C@H](C)CC(=O)O[C@@H]1CC[C@@]2(C)[C@H](CC[C@H]3[C@H]4C[C@@H]5O[C@]6(CC[C@H](C)CO6)[C@H](C)[C@H]5[C@@]4(C)CC[C@@H]32)C1. The summed E-state index contributed by atoms with van der Waals surface area (Å²) in [6, 6.07) is 0. The highest BCUT2D eigenvalue weighted by molar-refractivity contribution is 5.69. The van der Waals surface area contributed by atoms with Crippen LogP contribution in [0, 0.1) is 58.2 Å². The number of carbonyl (C=O) groups excluding carboxylic acids is 1. The molecule has 210 valence electrons. The van der Waals surface area contributed by atoms with Crippen LogP contribution in [0.15, 0.2) is 0 Å². The van der Waals surface area contributed by atoms with Crippen molar-refractivity contribution in [2.75, 3.05) is 6.61 Å². The third kappa shape index (κ3) is 4.16. The predicted octanol–water partition coefficient (Wildman–Crippen LogP) is 7.78. The Balaban J connectivity index is 1.13. The number of fused-ring (bicyclic) bond motifs is 7. The first-order valence-electron chi connectivity index (χ1n) is 16.1. The molecule has 0 aromatic rings. The first-order valence-corrected chi connectivity index (χ1v) is 16.1. The second-order valence-electron chi connectivity index (χ2n) is 15.3. The average molecular weight is 515 g/mol. The molecule has 6 rings (SSSR count). The molecule has 1 spiro atoms. The molecule has 0 aromatic carbocycles. The Morgan fingerprint density at radius 2 is 1.76 bits per heavy atom. The van der Waals surface area contributed by atoms with E-state index >= 15 is 0 Å². The molecule has 0 bridgehead atoms. The normalized spacial score (nSPS) is 53.6. The van der Waals surface area contributed by atoms with E-state index in [1.54, 1.807) is 0 Å². The number of hydrogen-bond donors (Lipinski definition) is 0. The number of ether oxygens (including phenoxy) is 3. The Morgan fingerprint density at radius 1 is 0.973 bits per heavy atom. The van der Waals surface area contributed by atoms with Gasteiger partial charge in [0.1, 0.15) is 6.10 Å². The highest BCUT2D eigenvalue weighted by atomic mass is 16.7. The van der Waals surface area contributed by atoms with Crippen molar-refractivity contribution in [3.05, 3.63) is 0 Å². The summed E-state index contributed by atoms with van der Waals surface area (Å²) >= 11 is 0. The summed E-state index contributed by atoms with van der Waals surface area (Å²) in [7, 11) is 0. The van der Waals surface area contributed by atoms with Gasteiger partial charge in [0.15, 0.2) is 5.79 Å². The van der Waals surface area contributed by atoms with Crippen LogP contribution >= 0.6 is 0 Å². The Bertz CT molecular complexity index is 862. The molecule has 2 saturated heterocycles. The molecule has 13 atom stereocenters. The molecule has 0 amide bonds. The van der Waals surface area contributed by atoms with Crippen LogP contribution in [0.25, 0.3) is 0 Å². The van der Waals surface area contributed by atoms with Crippen LogP contribution in [-0.4, -0.2) is 30.6 Å². The Morgan fingerprint density at radius 3 is 2.49 bits per heavy atom. The van der Waals surface area contributed by atoms with Gasteiger partial charge < -0.3 is 14.2 Å². The lowest BCUT2D eigenvalue weighted by Crippen LogP contribution is -2.55. The van der Waals surface area contributed by atoms with E-state index in [2.05, 4.69) is 41.5 Å². The maximum atomic E-state index is 12.5. The summed E-state index contributed by atoms with van der Waals surface area (Å²) in [6.07, 6.45) is 14.6. The molecule has 4 aliphatic carbocycles. The van der Waals surface area contributed by atoms with Crippen LogP contribution in [0.5, 0.6) is 0 Å². The van der Waals surface area contributed by atoms with Gasteiger partial charge in [-0.1, -0.05) is 48.0 Å². The van der Waals surface area contributed by atoms with Crippen molar-refractivity contribution in [2.24, 2.45) is 58.2 Å². The van der Waals surface area contributed by atoms with Gasteiger partial charge in [0, 0.05) is 18.8 Å². The second-order valence-corrected chi connectivity index (χ2v) is 15.3. The second kappa shape index (κ2) is 9.50. The highest BCUT2D eigenvalue weighted by Gasteiger charge is 2.69. The number of carbonyl (C=O) groups is 1. The Hall–Kier alpha value is -0.610. The van der Waals surface area contributed by atoms with E-state index in [1.807, 2.05) is 0 Å². The quantitative estimate of drug-likeness (QED) is 0.359. The number of hydrogen-bond acceptors (Lipinski definition) is 4.